The predicted molar refractivity (Wildman–Crippen MR) is 114 cm³/mol. The molecule has 152 valence electrons. The molecule has 0 aliphatic rings. The number of aromatic nitrogens is 1. The van der Waals surface area contributed by atoms with Gasteiger partial charge >= 0.3 is 5.97 Å². The molecule has 1 heterocycles. The second kappa shape index (κ2) is 10.1. The Balaban J connectivity index is 1.93. The van der Waals surface area contributed by atoms with Crippen molar-refractivity contribution in [3.05, 3.63) is 89.2 Å². The number of methoxy groups -OCH3 is 1. The average molecular weight is 401 g/mol. The lowest BCUT2D eigenvalue weighted by Crippen LogP contribution is -2.23. The number of rotatable bonds is 8. The van der Waals surface area contributed by atoms with Gasteiger partial charge in [0.15, 0.2) is 6.04 Å². The van der Waals surface area contributed by atoms with Crippen LogP contribution in [0.2, 0.25) is 0 Å². The number of nitriles is 1. The molecule has 1 unspecified atom stereocenters. The summed E-state index contributed by atoms with van der Waals surface area (Å²) in [5.41, 5.74) is 4.00. The van der Waals surface area contributed by atoms with E-state index >= 15 is 0 Å². The summed E-state index contributed by atoms with van der Waals surface area (Å²) in [6, 6.07) is 17.8. The number of carbonyl (C=O) groups excluding carboxylic acids is 1. The number of anilines is 1. The Morgan fingerprint density at radius 3 is 2.47 bits per heavy atom. The lowest BCUT2D eigenvalue weighted by atomic mass is 10.0. The van der Waals surface area contributed by atoms with Gasteiger partial charge in [-0.25, -0.2) is 4.79 Å². The number of hydrogen-bond donors (Lipinski definition) is 1. The van der Waals surface area contributed by atoms with Crippen molar-refractivity contribution in [2.24, 2.45) is 0 Å². The zero-order valence-corrected chi connectivity index (χ0v) is 17.0. The van der Waals surface area contributed by atoms with E-state index in [-0.39, 0.29) is 0 Å². The molecule has 0 spiro atoms. The van der Waals surface area contributed by atoms with Crippen molar-refractivity contribution in [2.45, 2.75) is 26.0 Å². The zero-order valence-electron chi connectivity index (χ0n) is 17.0. The predicted octanol–water partition coefficient (Wildman–Crippen LogP) is 4.42. The van der Waals surface area contributed by atoms with Crippen molar-refractivity contribution in [2.75, 3.05) is 12.4 Å². The molecular formula is C24H23N3O3. The minimum absolute atomic E-state index is 0.353. The molecule has 0 bridgehead atoms. The Morgan fingerprint density at radius 1 is 1.10 bits per heavy atom. The summed E-state index contributed by atoms with van der Waals surface area (Å²) in [7, 11) is 1.36. The molecule has 6 heteroatoms. The third-order valence-corrected chi connectivity index (χ3v) is 4.70. The van der Waals surface area contributed by atoms with Crippen LogP contribution in [-0.2, 0) is 22.6 Å². The van der Waals surface area contributed by atoms with E-state index in [0.717, 1.165) is 17.5 Å². The Morgan fingerprint density at radius 2 is 1.83 bits per heavy atom. The summed E-state index contributed by atoms with van der Waals surface area (Å²) < 4.78 is 11.1. The smallest absolute Gasteiger partial charge is 0.333 e. The van der Waals surface area contributed by atoms with E-state index < -0.39 is 12.0 Å². The molecule has 1 aromatic heterocycles. The van der Waals surface area contributed by atoms with E-state index in [9.17, 15) is 4.79 Å². The number of pyridine rings is 1. The SMILES string of the molecule is CCc1ccc(OCc2ccncc2)c(C(Nc2ccc(C#N)cc2)C(=O)OC)c1. The van der Waals surface area contributed by atoms with Gasteiger partial charge in [0.2, 0.25) is 0 Å². The topological polar surface area (TPSA) is 84.2 Å². The fourth-order valence-electron chi connectivity index (χ4n) is 3.00. The van der Waals surface area contributed by atoms with Crippen LogP contribution in [0.4, 0.5) is 5.69 Å². The molecule has 3 rings (SSSR count). The summed E-state index contributed by atoms with van der Waals surface area (Å²) >= 11 is 0. The van der Waals surface area contributed by atoms with Crippen molar-refractivity contribution in [1.29, 1.82) is 5.26 Å². The van der Waals surface area contributed by atoms with Gasteiger partial charge in [0, 0.05) is 23.6 Å². The number of nitrogens with one attached hydrogen (secondary N) is 1. The van der Waals surface area contributed by atoms with Gasteiger partial charge in [-0.3, -0.25) is 4.98 Å². The van der Waals surface area contributed by atoms with E-state index in [2.05, 4.69) is 23.3 Å². The number of hydrogen-bond acceptors (Lipinski definition) is 6. The summed E-state index contributed by atoms with van der Waals surface area (Å²) in [6.45, 7) is 2.41. The maximum atomic E-state index is 12.7. The van der Waals surface area contributed by atoms with Crippen LogP contribution >= 0.6 is 0 Å². The molecule has 1 atom stereocenters. The first-order valence-electron chi connectivity index (χ1n) is 9.63. The first kappa shape index (κ1) is 20.9. The average Bonchev–Trinajstić information content (AvgIpc) is 2.81. The minimum Gasteiger partial charge on any atom is -0.489 e. The van der Waals surface area contributed by atoms with Crippen molar-refractivity contribution < 1.29 is 14.3 Å². The Bertz CT molecular complexity index is 1030. The van der Waals surface area contributed by atoms with Crippen molar-refractivity contribution >= 4 is 11.7 Å². The molecule has 6 nitrogen and oxygen atoms in total. The standard InChI is InChI=1S/C24H23N3O3/c1-3-17-6-9-22(30-16-19-10-12-26-13-11-19)21(14-17)23(24(28)29-2)27-20-7-4-18(15-25)5-8-20/h4-14,23,27H,3,16H2,1-2H3. The fourth-order valence-corrected chi connectivity index (χ4v) is 3.00. The molecule has 0 amide bonds. The zero-order chi connectivity index (χ0) is 21.3. The van der Waals surface area contributed by atoms with Crippen LogP contribution in [0.1, 0.15) is 35.2 Å². The minimum atomic E-state index is -0.762. The number of carbonyl (C=O) groups is 1. The maximum Gasteiger partial charge on any atom is 0.333 e. The number of esters is 1. The van der Waals surface area contributed by atoms with Crippen LogP contribution in [-0.4, -0.2) is 18.1 Å². The lowest BCUT2D eigenvalue weighted by Gasteiger charge is -2.22. The number of benzene rings is 2. The van der Waals surface area contributed by atoms with Gasteiger partial charge in [-0.2, -0.15) is 5.26 Å². The third kappa shape index (κ3) is 5.15. The van der Waals surface area contributed by atoms with Gasteiger partial charge < -0.3 is 14.8 Å². The van der Waals surface area contributed by atoms with Gasteiger partial charge in [0.1, 0.15) is 12.4 Å². The molecule has 0 aliphatic heterocycles. The van der Waals surface area contributed by atoms with Gasteiger partial charge in [0.05, 0.1) is 18.7 Å². The highest BCUT2D eigenvalue weighted by Crippen LogP contribution is 2.31. The number of ether oxygens (including phenoxy) is 2. The normalized spacial score (nSPS) is 11.2. The molecule has 0 saturated heterocycles. The second-order valence-corrected chi connectivity index (χ2v) is 6.66. The molecule has 0 fully saturated rings. The molecular weight excluding hydrogens is 378 g/mol. The van der Waals surface area contributed by atoms with Crippen LogP contribution < -0.4 is 10.1 Å². The van der Waals surface area contributed by atoms with Crippen molar-refractivity contribution in [1.82, 2.24) is 4.98 Å². The van der Waals surface area contributed by atoms with Crippen LogP contribution in [0.3, 0.4) is 0 Å². The monoisotopic (exact) mass is 401 g/mol. The van der Waals surface area contributed by atoms with Crippen molar-refractivity contribution in [3.63, 3.8) is 0 Å². The highest BCUT2D eigenvalue weighted by atomic mass is 16.5. The largest absolute Gasteiger partial charge is 0.489 e. The Labute approximate surface area is 176 Å². The summed E-state index contributed by atoms with van der Waals surface area (Å²) in [5.74, 6) is 0.168. The Kier molecular flexibility index (Phi) is 7.01. The summed E-state index contributed by atoms with van der Waals surface area (Å²) in [4.78, 5) is 16.7. The Hall–Kier alpha value is -3.85. The molecule has 0 saturated carbocycles. The van der Waals surface area contributed by atoms with E-state index in [1.165, 1.54) is 7.11 Å². The third-order valence-electron chi connectivity index (χ3n) is 4.70. The number of nitrogens with zero attached hydrogens (tertiary/aromatic N) is 2. The van der Waals surface area contributed by atoms with Gasteiger partial charge in [-0.1, -0.05) is 13.0 Å². The molecule has 0 aliphatic carbocycles. The van der Waals surface area contributed by atoms with E-state index in [1.807, 2.05) is 30.3 Å². The quantitative estimate of drug-likeness (QED) is 0.563. The first-order chi connectivity index (χ1) is 14.6. The van der Waals surface area contributed by atoms with Crippen molar-refractivity contribution in [3.8, 4) is 11.8 Å². The second-order valence-electron chi connectivity index (χ2n) is 6.66. The molecule has 30 heavy (non-hydrogen) atoms. The number of aryl methyl sites for hydroxylation is 1. The molecule has 2 aromatic carbocycles. The molecule has 0 radical (unpaired) electrons. The summed E-state index contributed by atoms with van der Waals surface area (Å²) in [6.07, 6.45) is 4.25. The first-order valence-corrected chi connectivity index (χ1v) is 9.63. The van der Waals surface area contributed by atoms with E-state index in [0.29, 0.717) is 29.2 Å². The molecule has 3 aromatic rings. The maximum absolute atomic E-state index is 12.7. The summed E-state index contributed by atoms with van der Waals surface area (Å²) in [5, 5.41) is 12.2. The van der Waals surface area contributed by atoms with Crippen LogP contribution in [0.25, 0.3) is 0 Å². The highest BCUT2D eigenvalue weighted by Gasteiger charge is 2.25. The molecule has 1 N–H and O–H groups in total. The highest BCUT2D eigenvalue weighted by molar-refractivity contribution is 5.82. The lowest BCUT2D eigenvalue weighted by molar-refractivity contribution is -0.141. The van der Waals surface area contributed by atoms with Gasteiger partial charge in [0.25, 0.3) is 0 Å². The van der Waals surface area contributed by atoms with Crippen LogP contribution in [0.15, 0.2) is 67.0 Å². The van der Waals surface area contributed by atoms with E-state index in [1.54, 1.807) is 36.7 Å². The van der Waals surface area contributed by atoms with Gasteiger partial charge in [-0.15, -0.1) is 0 Å². The van der Waals surface area contributed by atoms with Crippen LogP contribution in [0.5, 0.6) is 5.75 Å². The van der Waals surface area contributed by atoms with E-state index in [4.69, 9.17) is 14.7 Å². The fraction of sp³-hybridized carbons (Fsp3) is 0.208. The van der Waals surface area contributed by atoms with Gasteiger partial charge in [-0.05, 0) is 66.1 Å². The van der Waals surface area contributed by atoms with Crippen LogP contribution in [0, 0.1) is 11.3 Å².